The molecule has 1 aliphatic heterocycles. The number of aryl methyl sites for hydroxylation is 1. The third kappa shape index (κ3) is 2.66. The van der Waals surface area contributed by atoms with Gasteiger partial charge in [-0.3, -0.25) is 4.79 Å². The number of rotatable bonds is 3. The van der Waals surface area contributed by atoms with Crippen molar-refractivity contribution in [3.05, 3.63) is 16.8 Å². The van der Waals surface area contributed by atoms with Gasteiger partial charge in [0, 0.05) is 23.9 Å². The Hall–Kier alpha value is -1.69. The molecule has 0 spiro atoms. The van der Waals surface area contributed by atoms with Crippen LogP contribution in [0.3, 0.4) is 0 Å². The molecule has 24 heavy (non-hydrogen) atoms. The zero-order valence-corrected chi connectivity index (χ0v) is 14.9. The van der Waals surface area contributed by atoms with Crippen LogP contribution in [0.15, 0.2) is 6.33 Å². The summed E-state index contributed by atoms with van der Waals surface area (Å²) in [5, 5.41) is 1.27. The van der Waals surface area contributed by atoms with Crippen molar-refractivity contribution >= 4 is 33.3 Å². The van der Waals surface area contributed by atoms with Gasteiger partial charge in [0.15, 0.2) is 0 Å². The van der Waals surface area contributed by atoms with Crippen molar-refractivity contribution in [3.8, 4) is 0 Å². The Bertz CT molecular complexity index is 764. The van der Waals surface area contributed by atoms with Crippen molar-refractivity contribution in [2.75, 3.05) is 18.0 Å². The molecular weight excluding hydrogens is 320 g/mol. The molecule has 1 aliphatic carbocycles. The summed E-state index contributed by atoms with van der Waals surface area (Å²) in [4.78, 5) is 25.5. The second-order valence-electron chi connectivity index (χ2n) is 7.06. The van der Waals surface area contributed by atoms with E-state index in [-0.39, 0.29) is 11.8 Å². The lowest BCUT2D eigenvalue weighted by Crippen LogP contribution is -2.39. The topological polar surface area (TPSA) is 72.1 Å². The van der Waals surface area contributed by atoms with Crippen LogP contribution in [-0.2, 0) is 17.6 Å². The minimum absolute atomic E-state index is 0.0141. The highest BCUT2D eigenvalue weighted by Crippen LogP contribution is 2.41. The van der Waals surface area contributed by atoms with E-state index in [1.54, 1.807) is 6.33 Å². The highest BCUT2D eigenvalue weighted by molar-refractivity contribution is 7.19. The van der Waals surface area contributed by atoms with Gasteiger partial charge in [-0.05, 0) is 43.6 Å². The van der Waals surface area contributed by atoms with Crippen LogP contribution in [0.25, 0.3) is 10.2 Å². The predicted octanol–water partition coefficient (Wildman–Crippen LogP) is 2.91. The number of hydrogen-bond donors (Lipinski definition) is 1. The number of anilines is 1. The molecule has 5 nitrogen and oxygen atoms in total. The molecule has 1 saturated heterocycles. The van der Waals surface area contributed by atoms with E-state index in [9.17, 15) is 4.79 Å². The minimum atomic E-state index is -0.166. The fourth-order valence-corrected chi connectivity index (χ4v) is 5.42. The highest BCUT2D eigenvalue weighted by atomic mass is 32.1. The maximum Gasteiger partial charge on any atom is 0.220 e. The summed E-state index contributed by atoms with van der Waals surface area (Å²) in [6, 6.07) is 0. The highest BCUT2D eigenvalue weighted by Gasteiger charge is 2.28. The average molecular weight is 344 g/mol. The first kappa shape index (κ1) is 15.8. The predicted molar refractivity (Wildman–Crippen MR) is 97.4 cm³/mol. The SMILES string of the molecule is CCC1CCc2c(sc3ncnc(N4CCC(C(N)=O)CC4)c23)C1. The maximum atomic E-state index is 11.4. The van der Waals surface area contributed by atoms with Crippen LogP contribution < -0.4 is 10.6 Å². The number of carbonyl (C=O) groups is 1. The van der Waals surface area contributed by atoms with Gasteiger partial charge in [-0.1, -0.05) is 13.3 Å². The van der Waals surface area contributed by atoms with E-state index in [2.05, 4.69) is 21.8 Å². The third-order valence-electron chi connectivity index (χ3n) is 5.70. The molecule has 2 aliphatic rings. The summed E-state index contributed by atoms with van der Waals surface area (Å²) in [5.41, 5.74) is 6.94. The van der Waals surface area contributed by atoms with E-state index in [1.165, 1.54) is 35.1 Å². The quantitative estimate of drug-likeness (QED) is 0.929. The standard InChI is InChI=1S/C18H24N4OS/c1-2-11-3-4-13-14(9-11)24-18-15(13)17(20-10-21-18)22-7-5-12(6-8-22)16(19)23/h10-12H,2-9H2,1H3,(H2,19,23). The van der Waals surface area contributed by atoms with E-state index in [0.717, 1.165) is 48.9 Å². The number of aromatic nitrogens is 2. The molecule has 1 amide bonds. The van der Waals surface area contributed by atoms with Crippen LogP contribution in [-0.4, -0.2) is 29.0 Å². The van der Waals surface area contributed by atoms with E-state index in [1.807, 2.05) is 11.3 Å². The lowest BCUT2D eigenvalue weighted by atomic mass is 9.86. The van der Waals surface area contributed by atoms with Gasteiger partial charge in [-0.2, -0.15) is 0 Å². The Morgan fingerprint density at radius 1 is 1.33 bits per heavy atom. The first-order valence-corrected chi connectivity index (χ1v) is 9.78. The summed E-state index contributed by atoms with van der Waals surface area (Å²) < 4.78 is 0. The Balaban J connectivity index is 1.67. The van der Waals surface area contributed by atoms with E-state index in [0.29, 0.717) is 0 Å². The molecule has 2 aromatic heterocycles. The van der Waals surface area contributed by atoms with Crippen molar-refractivity contribution in [2.45, 2.75) is 45.4 Å². The molecule has 0 radical (unpaired) electrons. The van der Waals surface area contributed by atoms with Crippen molar-refractivity contribution in [2.24, 2.45) is 17.6 Å². The van der Waals surface area contributed by atoms with Gasteiger partial charge >= 0.3 is 0 Å². The first-order valence-electron chi connectivity index (χ1n) is 8.96. The average Bonchev–Trinajstić information content (AvgIpc) is 2.99. The molecule has 2 aromatic rings. The summed E-state index contributed by atoms with van der Waals surface area (Å²) in [6.07, 6.45) is 8.20. The van der Waals surface area contributed by atoms with E-state index in [4.69, 9.17) is 5.73 Å². The summed E-state index contributed by atoms with van der Waals surface area (Å²) in [5.74, 6) is 1.73. The zero-order chi connectivity index (χ0) is 16.7. The largest absolute Gasteiger partial charge is 0.369 e. The van der Waals surface area contributed by atoms with Gasteiger partial charge < -0.3 is 10.6 Å². The number of nitrogens with two attached hydrogens (primary N) is 1. The second-order valence-corrected chi connectivity index (χ2v) is 8.15. The Kier molecular flexibility index (Phi) is 4.16. The van der Waals surface area contributed by atoms with Gasteiger partial charge in [0.1, 0.15) is 17.0 Å². The number of fused-ring (bicyclic) bond motifs is 3. The van der Waals surface area contributed by atoms with Crippen LogP contribution in [0, 0.1) is 11.8 Å². The molecular formula is C18H24N4OS. The smallest absolute Gasteiger partial charge is 0.220 e. The number of piperidine rings is 1. The molecule has 3 heterocycles. The monoisotopic (exact) mass is 344 g/mol. The number of primary amides is 1. The van der Waals surface area contributed by atoms with Crippen molar-refractivity contribution in [1.82, 2.24) is 9.97 Å². The van der Waals surface area contributed by atoms with Crippen LogP contribution in [0.1, 0.15) is 43.0 Å². The number of amides is 1. The number of thiophene rings is 1. The van der Waals surface area contributed by atoms with Gasteiger partial charge in [0.2, 0.25) is 5.91 Å². The summed E-state index contributed by atoms with van der Waals surface area (Å²) in [7, 11) is 0. The molecule has 0 saturated carbocycles. The Morgan fingerprint density at radius 3 is 2.83 bits per heavy atom. The van der Waals surface area contributed by atoms with Crippen molar-refractivity contribution < 1.29 is 4.79 Å². The minimum Gasteiger partial charge on any atom is -0.369 e. The van der Waals surface area contributed by atoms with Gasteiger partial charge in [0.25, 0.3) is 0 Å². The number of carbonyl (C=O) groups excluding carboxylic acids is 1. The second kappa shape index (κ2) is 6.31. The normalized spacial score (nSPS) is 21.9. The molecule has 1 atom stereocenters. The molecule has 4 rings (SSSR count). The number of hydrogen-bond acceptors (Lipinski definition) is 5. The van der Waals surface area contributed by atoms with Crippen molar-refractivity contribution in [1.29, 1.82) is 0 Å². The molecule has 2 N–H and O–H groups in total. The maximum absolute atomic E-state index is 11.4. The molecule has 1 fully saturated rings. The molecule has 0 bridgehead atoms. The summed E-state index contributed by atoms with van der Waals surface area (Å²) >= 11 is 1.85. The first-order chi connectivity index (χ1) is 11.7. The van der Waals surface area contributed by atoms with E-state index < -0.39 is 0 Å². The zero-order valence-electron chi connectivity index (χ0n) is 14.1. The van der Waals surface area contributed by atoms with Crippen molar-refractivity contribution in [3.63, 3.8) is 0 Å². The molecule has 6 heteroatoms. The van der Waals surface area contributed by atoms with Crippen LogP contribution in [0.5, 0.6) is 0 Å². The van der Waals surface area contributed by atoms with Gasteiger partial charge in [0.05, 0.1) is 5.39 Å². The third-order valence-corrected chi connectivity index (χ3v) is 6.86. The fraction of sp³-hybridized carbons (Fsp3) is 0.611. The lowest BCUT2D eigenvalue weighted by Gasteiger charge is -2.32. The van der Waals surface area contributed by atoms with Crippen LogP contribution in [0.4, 0.5) is 5.82 Å². The lowest BCUT2D eigenvalue weighted by molar-refractivity contribution is -0.122. The van der Waals surface area contributed by atoms with Crippen LogP contribution >= 0.6 is 11.3 Å². The Labute approximate surface area is 146 Å². The molecule has 128 valence electrons. The van der Waals surface area contributed by atoms with Crippen LogP contribution in [0.2, 0.25) is 0 Å². The van der Waals surface area contributed by atoms with E-state index >= 15 is 0 Å². The van der Waals surface area contributed by atoms with Gasteiger partial charge in [-0.25, -0.2) is 9.97 Å². The van der Waals surface area contributed by atoms with Gasteiger partial charge in [-0.15, -0.1) is 11.3 Å². The Morgan fingerprint density at radius 2 is 2.12 bits per heavy atom. The fourth-order valence-electron chi connectivity index (χ4n) is 4.13. The molecule has 0 aromatic carbocycles. The number of nitrogens with zero attached hydrogens (tertiary/aromatic N) is 3. The summed E-state index contributed by atoms with van der Waals surface area (Å²) in [6.45, 7) is 3.99. The molecule has 1 unspecified atom stereocenters.